The number of hydrogen-bond donors (Lipinski definition) is 1. The number of unbranched alkanes of at least 4 members (excludes halogenated alkanes) is 2. The average molecular weight is 561 g/mol. The molecule has 228 valence electrons. The van der Waals surface area contributed by atoms with E-state index in [9.17, 15) is 9.90 Å². The maximum absolute atomic E-state index is 11.6. The highest BCUT2D eigenvalue weighted by Gasteiger charge is 2.65. The molecule has 0 spiro atoms. The van der Waals surface area contributed by atoms with E-state index in [4.69, 9.17) is 18.9 Å². The van der Waals surface area contributed by atoms with Crippen LogP contribution >= 0.6 is 0 Å². The van der Waals surface area contributed by atoms with Crippen LogP contribution in [0.4, 0.5) is 0 Å². The predicted octanol–water partition coefficient (Wildman–Crippen LogP) is 7.58. The molecule has 2 unspecified atom stereocenters. The second kappa shape index (κ2) is 13.4. The standard InChI is InChI=1S/C34H56O6/c1-7-9-21-37-24(3)39-27-13-17-32(5)26(23-27)11-12-28-29(32)14-18-33(6)30(28)15-19-34(33,20-16-31(35)36)40-25(4)38-22-10-8-2/h24-30H,7-15,17-19,21-23H2,1-6H3,(H,35,36)/t24?,25?,26-,27+,28-,29+,30+,32+,33+,34-/m1/s1. The first kappa shape index (κ1) is 31.8. The van der Waals surface area contributed by atoms with Crippen LogP contribution < -0.4 is 0 Å². The molecule has 0 aliphatic heterocycles. The van der Waals surface area contributed by atoms with E-state index in [-0.39, 0.29) is 11.7 Å². The highest BCUT2D eigenvalue weighted by Crippen LogP contribution is 2.69. The molecule has 0 radical (unpaired) electrons. The van der Waals surface area contributed by atoms with Crippen LogP contribution in [-0.2, 0) is 23.7 Å². The molecule has 6 heteroatoms. The van der Waals surface area contributed by atoms with Crippen molar-refractivity contribution in [2.75, 3.05) is 13.2 Å². The lowest BCUT2D eigenvalue weighted by molar-refractivity contribution is -0.229. The molecule has 0 aromatic heterocycles. The maximum atomic E-state index is 11.6. The van der Waals surface area contributed by atoms with Crippen molar-refractivity contribution in [2.45, 2.75) is 149 Å². The molecular formula is C34H56O6. The molecular weight excluding hydrogens is 504 g/mol. The van der Waals surface area contributed by atoms with Gasteiger partial charge in [0.15, 0.2) is 12.6 Å². The minimum absolute atomic E-state index is 0.125. The second-order valence-electron chi connectivity index (χ2n) is 13.8. The van der Waals surface area contributed by atoms with Crippen LogP contribution in [0.2, 0.25) is 0 Å². The molecule has 40 heavy (non-hydrogen) atoms. The molecule has 0 aromatic carbocycles. The third-order valence-corrected chi connectivity index (χ3v) is 11.6. The van der Waals surface area contributed by atoms with E-state index >= 15 is 0 Å². The van der Waals surface area contributed by atoms with Crippen LogP contribution in [0.1, 0.15) is 125 Å². The molecule has 4 saturated carbocycles. The van der Waals surface area contributed by atoms with E-state index < -0.39 is 17.9 Å². The van der Waals surface area contributed by atoms with E-state index in [2.05, 4.69) is 46.5 Å². The third kappa shape index (κ3) is 6.43. The van der Waals surface area contributed by atoms with Gasteiger partial charge in [-0.05, 0) is 114 Å². The van der Waals surface area contributed by atoms with Crippen LogP contribution in [0.3, 0.4) is 0 Å². The fourth-order valence-electron chi connectivity index (χ4n) is 9.34. The zero-order valence-electron chi connectivity index (χ0n) is 26.1. The van der Waals surface area contributed by atoms with Crippen molar-refractivity contribution in [3.05, 3.63) is 0 Å². The van der Waals surface area contributed by atoms with E-state index in [0.29, 0.717) is 41.8 Å². The number of aliphatic carboxylic acids is 1. The minimum Gasteiger partial charge on any atom is -0.472 e. The Morgan fingerprint density at radius 1 is 0.900 bits per heavy atom. The Labute approximate surface area is 243 Å². The summed E-state index contributed by atoms with van der Waals surface area (Å²) in [5, 5.41) is 9.48. The summed E-state index contributed by atoms with van der Waals surface area (Å²) in [5.74, 6) is 7.11. The molecule has 0 amide bonds. The van der Waals surface area contributed by atoms with Gasteiger partial charge in [0.2, 0.25) is 0 Å². The average Bonchev–Trinajstić information content (AvgIpc) is 3.20. The Bertz CT molecular complexity index is 910. The number of ether oxygens (including phenoxy) is 4. The van der Waals surface area contributed by atoms with Gasteiger partial charge in [0.1, 0.15) is 5.60 Å². The van der Waals surface area contributed by atoms with Crippen LogP contribution in [0.15, 0.2) is 0 Å². The van der Waals surface area contributed by atoms with Crippen LogP contribution in [0.5, 0.6) is 0 Å². The van der Waals surface area contributed by atoms with Crippen molar-refractivity contribution in [3.63, 3.8) is 0 Å². The van der Waals surface area contributed by atoms with Crippen LogP contribution in [-0.4, -0.2) is 48.6 Å². The zero-order chi connectivity index (χ0) is 29.0. The van der Waals surface area contributed by atoms with E-state index in [1.807, 2.05) is 6.92 Å². The Kier molecular flexibility index (Phi) is 10.7. The highest BCUT2D eigenvalue weighted by atomic mass is 16.7. The fraction of sp³-hybridized carbons (Fsp3) is 0.912. The maximum Gasteiger partial charge on any atom is 0.382 e. The zero-order valence-corrected chi connectivity index (χ0v) is 26.1. The summed E-state index contributed by atoms with van der Waals surface area (Å²) in [6.45, 7) is 14.7. The van der Waals surface area contributed by atoms with Gasteiger partial charge in [-0.1, -0.05) is 46.5 Å². The predicted molar refractivity (Wildman–Crippen MR) is 156 cm³/mol. The monoisotopic (exact) mass is 560 g/mol. The van der Waals surface area contributed by atoms with Gasteiger partial charge < -0.3 is 24.1 Å². The van der Waals surface area contributed by atoms with Crippen molar-refractivity contribution < 1.29 is 28.8 Å². The molecule has 6 nitrogen and oxygen atoms in total. The molecule has 0 heterocycles. The summed E-state index contributed by atoms with van der Waals surface area (Å²) >= 11 is 0. The topological polar surface area (TPSA) is 74.2 Å². The number of rotatable bonds is 12. The lowest BCUT2D eigenvalue weighted by Crippen LogP contribution is -2.57. The largest absolute Gasteiger partial charge is 0.472 e. The number of carboxylic acid groups (broad SMARTS) is 1. The Hall–Kier alpha value is -1.13. The van der Waals surface area contributed by atoms with E-state index in [0.717, 1.165) is 70.8 Å². The van der Waals surface area contributed by atoms with Gasteiger partial charge >= 0.3 is 5.97 Å². The summed E-state index contributed by atoms with van der Waals surface area (Å²) in [6, 6.07) is 0. The quantitative estimate of drug-likeness (QED) is 0.151. The summed E-state index contributed by atoms with van der Waals surface area (Å²) in [7, 11) is 0. The summed E-state index contributed by atoms with van der Waals surface area (Å²) in [4.78, 5) is 11.6. The van der Waals surface area contributed by atoms with Crippen LogP contribution in [0.25, 0.3) is 0 Å². The first-order chi connectivity index (χ1) is 19.1. The molecule has 4 aliphatic carbocycles. The third-order valence-electron chi connectivity index (χ3n) is 11.6. The lowest BCUT2D eigenvalue weighted by Gasteiger charge is -2.61. The number of fused-ring (bicyclic) bond motifs is 5. The first-order valence-corrected chi connectivity index (χ1v) is 16.4. The second-order valence-corrected chi connectivity index (χ2v) is 13.8. The molecule has 10 atom stereocenters. The van der Waals surface area contributed by atoms with E-state index in [1.54, 1.807) is 0 Å². The molecule has 4 aliphatic rings. The molecule has 0 saturated heterocycles. The van der Waals surface area contributed by atoms with Gasteiger partial charge in [-0.15, -0.1) is 0 Å². The van der Waals surface area contributed by atoms with Gasteiger partial charge in [0, 0.05) is 24.5 Å². The Morgan fingerprint density at radius 3 is 2.25 bits per heavy atom. The normalized spacial score (nSPS) is 40.2. The van der Waals surface area contributed by atoms with Crippen molar-refractivity contribution in [1.29, 1.82) is 0 Å². The number of hydrogen-bond acceptors (Lipinski definition) is 5. The van der Waals surface area contributed by atoms with Crippen molar-refractivity contribution in [1.82, 2.24) is 0 Å². The molecule has 0 aromatic rings. The summed E-state index contributed by atoms with van der Waals surface area (Å²) in [6.07, 6.45) is 14.0. The molecule has 4 fully saturated rings. The van der Waals surface area contributed by atoms with Gasteiger partial charge in [-0.25, -0.2) is 4.79 Å². The molecule has 4 rings (SSSR count). The SMILES string of the molecule is CCCCOC(C)O[C@H]1CC[C@@]2(C)[C@H](CC[C@@H]3[C@@H]2CC[C@@]2(C)[C@H]3CC[C@]2(C#CC(=O)O)OC(C)OCCCC)C1. The van der Waals surface area contributed by atoms with Crippen molar-refractivity contribution in [2.24, 2.45) is 34.5 Å². The summed E-state index contributed by atoms with van der Waals surface area (Å²) < 4.78 is 25.0. The first-order valence-electron chi connectivity index (χ1n) is 16.4. The van der Waals surface area contributed by atoms with Crippen LogP contribution in [0, 0.1) is 46.3 Å². The van der Waals surface area contributed by atoms with Gasteiger partial charge in [0.25, 0.3) is 0 Å². The van der Waals surface area contributed by atoms with E-state index in [1.165, 1.54) is 19.3 Å². The lowest BCUT2D eigenvalue weighted by atomic mass is 9.44. The fourth-order valence-corrected chi connectivity index (χ4v) is 9.34. The minimum atomic E-state index is -1.08. The van der Waals surface area contributed by atoms with Crippen molar-refractivity contribution >= 4 is 5.97 Å². The highest BCUT2D eigenvalue weighted by molar-refractivity contribution is 5.86. The molecule has 1 N–H and O–H groups in total. The van der Waals surface area contributed by atoms with Gasteiger partial charge in [-0.3, -0.25) is 0 Å². The Balaban J connectivity index is 1.47. The van der Waals surface area contributed by atoms with Gasteiger partial charge in [-0.2, -0.15) is 0 Å². The summed E-state index contributed by atoms with van der Waals surface area (Å²) in [5.41, 5.74) is -0.608. The number of carboxylic acids is 1. The van der Waals surface area contributed by atoms with Crippen molar-refractivity contribution in [3.8, 4) is 11.8 Å². The smallest absolute Gasteiger partial charge is 0.382 e. The Morgan fingerprint density at radius 2 is 1.57 bits per heavy atom. The molecule has 0 bridgehead atoms. The number of carbonyl (C=O) groups is 1. The van der Waals surface area contributed by atoms with Gasteiger partial charge in [0.05, 0.1) is 6.10 Å².